The van der Waals surface area contributed by atoms with Gasteiger partial charge in [-0.3, -0.25) is 4.79 Å². The van der Waals surface area contributed by atoms with Crippen LogP contribution in [0.15, 0.2) is 12.1 Å². The largest absolute Gasteiger partial charge is 0.494 e. The van der Waals surface area contributed by atoms with Gasteiger partial charge >= 0.3 is 0 Å². The molecule has 0 bridgehead atoms. The van der Waals surface area contributed by atoms with Crippen LogP contribution in [-0.2, 0) is 0 Å². The van der Waals surface area contributed by atoms with Crippen molar-refractivity contribution in [3.63, 3.8) is 0 Å². The monoisotopic (exact) mass is 198 g/mol. The minimum Gasteiger partial charge on any atom is -0.494 e. The number of benzene rings is 1. The first-order valence-electron chi connectivity index (χ1n) is 3.92. The van der Waals surface area contributed by atoms with Gasteiger partial charge in [-0.15, -0.1) is 0 Å². The predicted molar refractivity (Wildman–Crippen MR) is 52.7 cm³/mol. The third-order valence-electron chi connectivity index (χ3n) is 1.87. The zero-order chi connectivity index (χ0) is 10.0. The summed E-state index contributed by atoms with van der Waals surface area (Å²) in [4.78, 5) is 11.1. The molecule has 0 aliphatic rings. The molecule has 0 saturated carbocycles. The predicted octanol–water partition coefficient (Wildman–Crippen LogP) is 2.86. The number of hydrogen-bond acceptors (Lipinski definition) is 2. The SMILES string of the molecule is COc1c(C(C)=O)ccc(C)c1Cl. The van der Waals surface area contributed by atoms with Crippen LogP contribution in [0.5, 0.6) is 5.75 Å². The molecule has 0 heterocycles. The summed E-state index contributed by atoms with van der Waals surface area (Å²) in [6.45, 7) is 3.36. The Morgan fingerprint density at radius 3 is 2.54 bits per heavy atom. The van der Waals surface area contributed by atoms with Crippen LogP contribution in [0.2, 0.25) is 5.02 Å². The summed E-state index contributed by atoms with van der Waals surface area (Å²) in [5.74, 6) is 0.424. The lowest BCUT2D eigenvalue weighted by Gasteiger charge is -2.09. The second-order valence-corrected chi connectivity index (χ2v) is 3.21. The zero-order valence-electron chi connectivity index (χ0n) is 7.85. The van der Waals surface area contributed by atoms with E-state index in [9.17, 15) is 4.79 Å². The average Bonchev–Trinajstić information content (AvgIpc) is 2.09. The maximum Gasteiger partial charge on any atom is 0.163 e. The molecule has 0 radical (unpaired) electrons. The first-order chi connectivity index (χ1) is 6.07. The summed E-state index contributed by atoms with van der Waals surface area (Å²) in [5.41, 5.74) is 1.43. The van der Waals surface area contributed by atoms with E-state index in [1.165, 1.54) is 14.0 Å². The molecule has 0 fully saturated rings. The Hall–Kier alpha value is -1.02. The van der Waals surface area contributed by atoms with Gasteiger partial charge in [0.05, 0.1) is 17.7 Å². The highest BCUT2D eigenvalue weighted by atomic mass is 35.5. The van der Waals surface area contributed by atoms with Crippen LogP contribution in [0.25, 0.3) is 0 Å². The Bertz CT molecular complexity index is 345. The quantitative estimate of drug-likeness (QED) is 0.684. The number of ether oxygens (including phenoxy) is 1. The van der Waals surface area contributed by atoms with Crippen LogP contribution in [0, 0.1) is 6.92 Å². The van der Waals surface area contributed by atoms with E-state index >= 15 is 0 Å². The first-order valence-corrected chi connectivity index (χ1v) is 4.29. The maximum atomic E-state index is 11.1. The number of aryl methyl sites for hydroxylation is 1. The zero-order valence-corrected chi connectivity index (χ0v) is 8.61. The molecule has 0 aromatic heterocycles. The molecule has 0 aliphatic carbocycles. The summed E-state index contributed by atoms with van der Waals surface area (Å²) in [7, 11) is 1.51. The van der Waals surface area contributed by atoms with Crippen molar-refractivity contribution in [1.29, 1.82) is 0 Å². The van der Waals surface area contributed by atoms with Crippen molar-refractivity contribution in [3.8, 4) is 5.75 Å². The summed E-state index contributed by atoms with van der Waals surface area (Å²) in [6, 6.07) is 3.53. The fraction of sp³-hybridized carbons (Fsp3) is 0.300. The lowest BCUT2D eigenvalue weighted by molar-refractivity contribution is 0.101. The Morgan fingerprint density at radius 2 is 2.08 bits per heavy atom. The Kier molecular flexibility index (Phi) is 2.94. The molecule has 0 atom stereocenters. The molecule has 0 saturated heterocycles. The van der Waals surface area contributed by atoms with Crippen LogP contribution in [-0.4, -0.2) is 12.9 Å². The highest BCUT2D eigenvalue weighted by Gasteiger charge is 2.12. The summed E-state index contributed by atoms with van der Waals surface area (Å²) in [6.07, 6.45) is 0. The van der Waals surface area contributed by atoms with Gasteiger partial charge in [-0.2, -0.15) is 0 Å². The normalized spacial score (nSPS) is 9.85. The van der Waals surface area contributed by atoms with Gasteiger partial charge in [-0.1, -0.05) is 17.7 Å². The number of carbonyl (C=O) groups is 1. The van der Waals surface area contributed by atoms with Gasteiger partial charge in [0.25, 0.3) is 0 Å². The molecule has 0 aliphatic heterocycles. The van der Waals surface area contributed by atoms with Crippen LogP contribution < -0.4 is 4.74 Å². The molecular formula is C10H11ClO2. The van der Waals surface area contributed by atoms with Crippen molar-refractivity contribution in [2.45, 2.75) is 13.8 Å². The molecule has 0 spiro atoms. The standard InChI is InChI=1S/C10H11ClO2/c1-6-4-5-8(7(2)12)10(13-3)9(6)11/h4-5H,1-3H3. The second kappa shape index (κ2) is 3.79. The van der Waals surface area contributed by atoms with E-state index in [0.717, 1.165) is 5.56 Å². The molecule has 13 heavy (non-hydrogen) atoms. The Labute approximate surface area is 82.5 Å². The van der Waals surface area contributed by atoms with Gasteiger partial charge in [0.2, 0.25) is 0 Å². The fourth-order valence-corrected chi connectivity index (χ4v) is 1.37. The third kappa shape index (κ3) is 1.83. The molecule has 0 unspecified atom stereocenters. The van der Waals surface area contributed by atoms with Gasteiger partial charge in [-0.05, 0) is 25.5 Å². The molecule has 3 heteroatoms. The maximum absolute atomic E-state index is 11.1. The molecular weight excluding hydrogens is 188 g/mol. The first kappa shape index (κ1) is 10.1. The van der Waals surface area contributed by atoms with E-state index in [4.69, 9.17) is 16.3 Å². The number of methoxy groups -OCH3 is 1. The number of Topliss-reactive ketones (excluding diaryl/α,β-unsaturated/α-hetero) is 1. The minimum atomic E-state index is -0.0428. The summed E-state index contributed by atoms with van der Waals surface area (Å²) >= 11 is 5.97. The van der Waals surface area contributed by atoms with E-state index < -0.39 is 0 Å². The van der Waals surface area contributed by atoms with Crippen molar-refractivity contribution in [3.05, 3.63) is 28.3 Å². The van der Waals surface area contributed by atoms with E-state index in [-0.39, 0.29) is 5.78 Å². The van der Waals surface area contributed by atoms with Crippen LogP contribution >= 0.6 is 11.6 Å². The third-order valence-corrected chi connectivity index (χ3v) is 2.34. The van der Waals surface area contributed by atoms with Gasteiger partial charge < -0.3 is 4.74 Å². The summed E-state index contributed by atoms with van der Waals surface area (Å²) < 4.78 is 5.07. The van der Waals surface area contributed by atoms with Crippen molar-refractivity contribution in [1.82, 2.24) is 0 Å². The fourth-order valence-electron chi connectivity index (χ4n) is 1.13. The Balaban J connectivity index is 3.38. The van der Waals surface area contributed by atoms with Crippen LogP contribution in [0.3, 0.4) is 0 Å². The molecule has 2 nitrogen and oxygen atoms in total. The van der Waals surface area contributed by atoms with E-state index in [0.29, 0.717) is 16.3 Å². The van der Waals surface area contributed by atoms with Crippen molar-refractivity contribution in [2.75, 3.05) is 7.11 Å². The molecule has 1 aromatic carbocycles. The lowest BCUT2D eigenvalue weighted by Crippen LogP contribution is -1.98. The molecule has 1 aromatic rings. The number of rotatable bonds is 2. The van der Waals surface area contributed by atoms with Gasteiger partial charge in [-0.25, -0.2) is 0 Å². The van der Waals surface area contributed by atoms with Gasteiger partial charge in [0.1, 0.15) is 5.75 Å². The molecule has 70 valence electrons. The van der Waals surface area contributed by atoms with Crippen LogP contribution in [0.1, 0.15) is 22.8 Å². The smallest absolute Gasteiger partial charge is 0.163 e. The van der Waals surface area contributed by atoms with E-state index in [2.05, 4.69) is 0 Å². The van der Waals surface area contributed by atoms with E-state index in [1.807, 2.05) is 13.0 Å². The highest BCUT2D eigenvalue weighted by Crippen LogP contribution is 2.31. The Morgan fingerprint density at radius 1 is 1.46 bits per heavy atom. The second-order valence-electron chi connectivity index (χ2n) is 2.83. The molecule has 0 N–H and O–H groups in total. The summed E-state index contributed by atoms with van der Waals surface area (Å²) in [5, 5.41) is 0.509. The van der Waals surface area contributed by atoms with Gasteiger partial charge in [0.15, 0.2) is 5.78 Å². The number of ketones is 1. The minimum absolute atomic E-state index is 0.0428. The van der Waals surface area contributed by atoms with Crippen molar-refractivity contribution in [2.24, 2.45) is 0 Å². The average molecular weight is 199 g/mol. The lowest BCUT2D eigenvalue weighted by atomic mass is 10.1. The van der Waals surface area contributed by atoms with Crippen molar-refractivity contribution >= 4 is 17.4 Å². The highest BCUT2D eigenvalue weighted by molar-refractivity contribution is 6.33. The van der Waals surface area contributed by atoms with Crippen LogP contribution in [0.4, 0.5) is 0 Å². The van der Waals surface area contributed by atoms with Gasteiger partial charge in [0, 0.05) is 0 Å². The topological polar surface area (TPSA) is 26.3 Å². The van der Waals surface area contributed by atoms with Crippen molar-refractivity contribution < 1.29 is 9.53 Å². The van der Waals surface area contributed by atoms with E-state index in [1.54, 1.807) is 6.07 Å². The molecule has 0 amide bonds. The number of halogens is 1. The number of hydrogen-bond donors (Lipinski definition) is 0. The molecule has 1 rings (SSSR count). The number of carbonyl (C=O) groups excluding carboxylic acids is 1.